The molecule has 0 radical (unpaired) electrons. The Labute approximate surface area is 151 Å². The van der Waals surface area contributed by atoms with Crippen LogP contribution in [0.2, 0.25) is 0 Å². The van der Waals surface area contributed by atoms with Gasteiger partial charge in [0.2, 0.25) is 0 Å². The van der Waals surface area contributed by atoms with Crippen molar-refractivity contribution in [2.24, 2.45) is 11.8 Å². The predicted molar refractivity (Wildman–Crippen MR) is 106 cm³/mol. The minimum absolute atomic E-state index is 0.116. The molecule has 1 N–H and O–H groups in total. The molecule has 144 valence electrons. The molecule has 0 aliphatic carbocycles. The number of hydrogen-bond donors (Lipinski definition) is 1. The zero-order valence-electron chi connectivity index (χ0n) is 16.8. The van der Waals surface area contributed by atoms with Gasteiger partial charge in [-0.3, -0.25) is 4.79 Å². The van der Waals surface area contributed by atoms with E-state index >= 15 is 0 Å². The van der Waals surface area contributed by atoms with Gasteiger partial charge in [0.05, 0.1) is 5.92 Å². The number of rotatable bonds is 18. The van der Waals surface area contributed by atoms with Gasteiger partial charge in [-0.15, -0.1) is 0 Å². The summed E-state index contributed by atoms with van der Waals surface area (Å²) in [7, 11) is 0. The summed E-state index contributed by atoms with van der Waals surface area (Å²) in [6.45, 7) is 6.58. The van der Waals surface area contributed by atoms with Crippen molar-refractivity contribution in [1.82, 2.24) is 0 Å². The van der Waals surface area contributed by atoms with E-state index < -0.39 is 5.97 Å². The van der Waals surface area contributed by atoms with Gasteiger partial charge in [0, 0.05) is 0 Å². The standard InChI is InChI=1S/C22H44O2/c1-4-7-8-9-10-11-12-13-14-15-18-20(16-5-2)19-21(17-6-3)22(23)24/h20-21H,4-19H2,1-3H3,(H,23,24). The van der Waals surface area contributed by atoms with Crippen molar-refractivity contribution in [3.05, 3.63) is 0 Å². The van der Waals surface area contributed by atoms with Crippen LogP contribution in [0.1, 0.15) is 124 Å². The average Bonchev–Trinajstić information content (AvgIpc) is 2.56. The molecule has 0 aromatic rings. The van der Waals surface area contributed by atoms with E-state index in [2.05, 4.69) is 20.8 Å². The van der Waals surface area contributed by atoms with Gasteiger partial charge in [-0.1, -0.05) is 111 Å². The number of unbranched alkanes of at least 4 members (excludes halogenated alkanes) is 9. The van der Waals surface area contributed by atoms with Crippen LogP contribution in [0, 0.1) is 11.8 Å². The minimum atomic E-state index is -0.582. The first-order valence-electron chi connectivity index (χ1n) is 10.9. The van der Waals surface area contributed by atoms with Gasteiger partial charge >= 0.3 is 5.97 Å². The quantitative estimate of drug-likeness (QED) is 0.261. The SMILES string of the molecule is CCCCCCCCCCCCC(CCC)CC(CCC)C(=O)O. The largest absolute Gasteiger partial charge is 0.481 e. The number of carboxylic acid groups (broad SMARTS) is 1. The zero-order chi connectivity index (χ0) is 18.0. The number of carboxylic acids is 1. The Kier molecular flexibility index (Phi) is 16.9. The fourth-order valence-electron chi connectivity index (χ4n) is 3.80. The van der Waals surface area contributed by atoms with Crippen molar-refractivity contribution in [3.8, 4) is 0 Å². The summed E-state index contributed by atoms with van der Waals surface area (Å²) in [5.41, 5.74) is 0. The fraction of sp³-hybridized carbons (Fsp3) is 0.955. The van der Waals surface area contributed by atoms with Crippen molar-refractivity contribution in [2.75, 3.05) is 0 Å². The number of hydrogen-bond acceptors (Lipinski definition) is 1. The van der Waals surface area contributed by atoms with Crippen molar-refractivity contribution in [3.63, 3.8) is 0 Å². The van der Waals surface area contributed by atoms with E-state index in [9.17, 15) is 9.90 Å². The molecule has 2 nitrogen and oxygen atoms in total. The van der Waals surface area contributed by atoms with Gasteiger partial charge < -0.3 is 5.11 Å². The summed E-state index contributed by atoms with van der Waals surface area (Å²) in [5.74, 6) is -0.0765. The first kappa shape index (κ1) is 23.5. The topological polar surface area (TPSA) is 37.3 Å². The van der Waals surface area contributed by atoms with E-state index in [1.54, 1.807) is 0 Å². The molecule has 2 unspecified atom stereocenters. The second-order valence-electron chi connectivity index (χ2n) is 7.68. The van der Waals surface area contributed by atoms with Crippen LogP contribution >= 0.6 is 0 Å². The average molecular weight is 341 g/mol. The second-order valence-corrected chi connectivity index (χ2v) is 7.68. The molecule has 0 heterocycles. The second kappa shape index (κ2) is 17.3. The van der Waals surface area contributed by atoms with Crippen molar-refractivity contribution in [2.45, 2.75) is 124 Å². The molecule has 0 bridgehead atoms. The van der Waals surface area contributed by atoms with Crippen LogP contribution in [-0.4, -0.2) is 11.1 Å². The van der Waals surface area contributed by atoms with Crippen molar-refractivity contribution < 1.29 is 9.90 Å². The molecule has 0 aliphatic heterocycles. The Hall–Kier alpha value is -0.530. The zero-order valence-corrected chi connectivity index (χ0v) is 16.8. The molecule has 0 spiro atoms. The third-order valence-electron chi connectivity index (χ3n) is 5.27. The van der Waals surface area contributed by atoms with Crippen LogP contribution in [0.25, 0.3) is 0 Å². The Morgan fingerprint density at radius 3 is 1.62 bits per heavy atom. The van der Waals surface area contributed by atoms with Crippen LogP contribution in [0.5, 0.6) is 0 Å². The van der Waals surface area contributed by atoms with E-state index in [0.29, 0.717) is 5.92 Å². The molecule has 2 heteroatoms. The van der Waals surface area contributed by atoms with Crippen LogP contribution < -0.4 is 0 Å². The van der Waals surface area contributed by atoms with E-state index in [4.69, 9.17) is 0 Å². The van der Waals surface area contributed by atoms with Gasteiger partial charge in [-0.05, 0) is 18.8 Å². The summed E-state index contributed by atoms with van der Waals surface area (Å²) in [4.78, 5) is 11.4. The van der Waals surface area contributed by atoms with Crippen LogP contribution in [0.4, 0.5) is 0 Å². The first-order valence-corrected chi connectivity index (χ1v) is 10.9. The molecule has 24 heavy (non-hydrogen) atoms. The fourth-order valence-corrected chi connectivity index (χ4v) is 3.80. The van der Waals surface area contributed by atoms with E-state index in [1.165, 1.54) is 83.5 Å². The summed E-state index contributed by atoms with van der Waals surface area (Å²) >= 11 is 0. The summed E-state index contributed by atoms with van der Waals surface area (Å²) in [6.07, 6.45) is 20.1. The van der Waals surface area contributed by atoms with Crippen LogP contribution in [0.15, 0.2) is 0 Å². The molecule has 0 aliphatic rings. The molecule has 0 aromatic heterocycles. The predicted octanol–water partition coefficient (Wildman–Crippen LogP) is 7.60. The maximum Gasteiger partial charge on any atom is 0.306 e. The molecule has 0 fully saturated rings. The molecular weight excluding hydrogens is 296 g/mol. The number of aliphatic carboxylic acids is 1. The van der Waals surface area contributed by atoms with Gasteiger partial charge in [0.25, 0.3) is 0 Å². The molecule has 0 aromatic carbocycles. The molecular formula is C22H44O2. The summed E-state index contributed by atoms with van der Waals surface area (Å²) in [6, 6.07) is 0. The minimum Gasteiger partial charge on any atom is -0.481 e. The Bertz CT molecular complexity index is 275. The molecule has 0 rings (SSSR count). The van der Waals surface area contributed by atoms with Gasteiger partial charge in [0.15, 0.2) is 0 Å². The maximum atomic E-state index is 11.4. The monoisotopic (exact) mass is 340 g/mol. The van der Waals surface area contributed by atoms with E-state index in [0.717, 1.165) is 19.3 Å². The Morgan fingerprint density at radius 2 is 1.17 bits per heavy atom. The normalized spacial score (nSPS) is 13.8. The molecule has 0 amide bonds. The third-order valence-corrected chi connectivity index (χ3v) is 5.27. The van der Waals surface area contributed by atoms with E-state index in [-0.39, 0.29) is 5.92 Å². The summed E-state index contributed by atoms with van der Waals surface area (Å²) in [5, 5.41) is 9.37. The third kappa shape index (κ3) is 13.9. The highest BCUT2D eigenvalue weighted by Gasteiger charge is 2.21. The highest BCUT2D eigenvalue weighted by atomic mass is 16.4. The summed E-state index contributed by atoms with van der Waals surface area (Å²) < 4.78 is 0. The maximum absolute atomic E-state index is 11.4. The van der Waals surface area contributed by atoms with Gasteiger partial charge in [-0.2, -0.15) is 0 Å². The molecule has 2 atom stereocenters. The lowest BCUT2D eigenvalue weighted by molar-refractivity contribution is -0.142. The van der Waals surface area contributed by atoms with E-state index in [1.807, 2.05) is 0 Å². The Balaban J connectivity index is 3.75. The lowest BCUT2D eigenvalue weighted by Gasteiger charge is -2.20. The lowest BCUT2D eigenvalue weighted by Crippen LogP contribution is -2.18. The van der Waals surface area contributed by atoms with Gasteiger partial charge in [0.1, 0.15) is 0 Å². The highest BCUT2D eigenvalue weighted by molar-refractivity contribution is 5.69. The smallest absolute Gasteiger partial charge is 0.306 e. The van der Waals surface area contributed by atoms with Crippen LogP contribution in [0.3, 0.4) is 0 Å². The molecule has 0 saturated heterocycles. The molecule has 0 saturated carbocycles. The van der Waals surface area contributed by atoms with Crippen molar-refractivity contribution >= 4 is 5.97 Å². The first-order chi connectivity index (χ1) is 11.7. The van der Waals surface area contributed by atoms with Gasteiger partial charge in [-0.25, -0.2) is 0 Å². The van der Waals surface area contributed by atoms with Crippen molar-refractivity contribution in [1.29, 1.82) is 0 Å². The lowest BCUT2D eigenvalue weighted by atomic mass is 9.85. The highest BCUT2D eigenvalue weighted by Crippen LogP contribution is 2.26. The number of carbonyl (C=O) groups is 1. The Morgan fingerprint density at radius 1 is 0.667 bits per heavy atom. The van der Waals surface area contributed by atoms with Crippen LogP contribution in [-0.2, 0) is 4.79 Å².